The highest BCUT2D eigenvalue weighted by molar-refractivity contribution is 5.83. The van der Waals surface area contributed by atoms with Crippen molar-refractivity contribution in [2.24, 2.45) is 0 Å². The van der Waals surface area contributed by atoms with Gasteiger partial charge in [-0.15, -0.1) is 0 Å². The Hall–Kier alpha value is -2.45. The first-order valence-electron chi connectivity index (χ1n) is 9.27. The van der Waals surface area contributed by atoms with E-state index in [1.54, 1.807) is 0 Å². The molecule has 8 heteroatoms. The first kappa shape index (κ1) is 18.9. The molecule has 4 rings (SSSR count). The standard InChI is InChI=1S/C20H21F3N4O/c21-20(22,23)19-24-10-14-11-26(8-6-17(14)25-19)12-15-13-27(7-3-9-28)18-5-2-1-4-16(15)18/h1-2,4-5,10,13,28H,3,6-9,11-12H2. The maximum atomic E-state index is 12.8. The van der Waals surface area contributed by atoms with E-state index < -0.39 is 12.0 Å². The molecule has 1 aromatic carbocycles. The predicted molar refractivity (Wildman–Crippen MR) is 98.5 cm³/mol. The number of fused-ring (bicyclic) bond motifs is 2. The summed E-state index contributed by atoms with van der Waals surface area (Å²) in [6.07, 6.45) is 0.0711. The zero-order chi connectivity index (χ0) is 19.7. The first-order valence-corrected chi connectivity index (χ1v) is 9.27. The molecule has 1 aliphatic heterocycles. The van der Waals surface area contributed by atoms with Crippen molar-refractivity contribution in [2.45, 2.75) is 38.7 Å². The number of rotatable bonds is 5. The predicted octanol–water partition coefficient (Wildman–Crippen LogP) is 3.39. The molecule has 0 amide bonds. The smallest absolute Gasteiger partial charge is 0.396 e. The Balaban J connectivity index is 1.55. The van der Waals surface area contributed by atoms with E-state index >= 15 is 0 Å². The molecule has 0 saturated heterocycles. The molecule has 2 aromatic heterocycles. The van der Waals surface area contributed by atoms with Gasteiger partial charge >= 0.3 is 6.18 Å². The van der Waals surface area contributed by atoms with Crippen LogP contribution < -0.4 is 0 Å². The van der Waals surface area contributed by atoms with Gasteiger partial charge in [-0.1, -0.05) is 18.2 Å². The highest BCUT2D eigenvalue weighted by Gasteiger charge is 2.35. The van der Waals surface area contributed by atoms with Gasteiger partial charge in [0.05, 0.1) is 5.69 Å². The van der Waals surface area contributed by atoms with Crippen LogP contribution in [0.25, 0.3) is 10.9 Å². The molecular weight excluding hydrogens is 369 g/mol. The quantitative estimate of drug-likeness (QED) is 0.726. The molecule has 0 unspecified atom stereocenters. The molecule has 0 fully saturated rings. The van der Waals surface area contributed by atoms with Gasteiger partial charge in [-0.3, -0.25) is 4.90 Å². The van der Waals surface area contributed by atoms with Crippen molar-refractivity contribution < 1.29 is 18.3 Å². The monoisotopic (exact) mass is 390 g/mol. The van der Waals surface area contributed by atoms with Crippen molar-refractivity contribution in [1.82, 2.24) is 19.4 Å². The van der Waals surface area contributed by atoms with Gasteiger partial charge in [0.15, 0.2) is 0 Å². The van der Waals surface area contributed by atoms with Crippen LogP contribution in [0.1, 0.15) is 29.1 Å². The Bertz CT molecular complexity index is 983. The molecule has 0 spiro atoms. The van der Waals surface area contributed by atoms with E-state index in [0.29, 0.717) is 38.2 Å². The van der Waals surface area contributed by atoms with Crippen LogP contribution in [0.15, 0.2) is 36.7 Å². The summed E-state index contributed by atoms with van der Waals surface area (Å²) in [4.78, 5) is 9.43. The van der Waals surface area contributed by atoms with E-state index in [-0.39, 0.29) is 6.61 Å². The number of nitrogens with zero attached hydrogens (tertiary/aromatic N) is 4. The lowest BCUT2D eigenvalue weighted by Gasteiger charge is -2.28. The lowest BCUT2D eigenvalue weighted by atomic mass is 10.1. The summed E-state index contributed by atoms with van der Waals surface area (Å²) in [5.41, 5.74) is 3.54. The number of benzene rings is 1. The summed E-state index contributed by atoms with van der Waals surface area (Å²) < 4.78 is 40.6. The number of aromatic nitrogens is 3. The van der Waals surface area contributed by atoms with Gasteiger partial charge < -0.3 is 9.67 Å². The van der Waals surface area contributed by atoms with E-state index in [4.69, 9.17) is 5.11 Å². The minimum Gasteiger partial charge on any atom is -0.396 e. The average molecular weight is 390 g/mol. The van der Waals surface area contributed by atoms with Crippen LogP contribution >= 0.6 is 0 Å². The van der Waals surface area contributed by atoms with Crippen LogP contribution in [-0.2, 0) is 32.2 Å². The lowest BCUT2D eigenvalue weighted by Crippen LogP contribution is -2.31. The molecule has 0 atom stereocenters. The highest BCUT2D eigenvalue weighted by Crippen LogP contribution is 2.29. The first-order chi connectivity index (χ1) is 13.5. The third-order valence-corrected chi connectivity index (χ3v) is 5.09. The molecule has 5 nitrogen and oxygen atoms in total. The fourth-order valence-corrected chi connectivity index (χ4v) is 3.76. The van der Waals surface area contributed by atoms with Crippen molar-refractivity contribution in [3.05, 3.63) is 59.3 Å². The number of hydrogen-bond acceptors (Lipinski definition) is 4. The Labute approximate surface area is 160 Å². The van der Waals surface area contributed by atoms with Crippen LogP contribution in [-0.4, -0.2) is 37.7 Å². The van der Waals surface area contributed by atoms with Crippen LogP contribution in [0.4, 0.5) is 13.2 Å². The molecule has 1 aliphatic rings. The van der Waals surface area contributed by atoms with E-state index in [2.05, 4.69) is 37.8 Å². The van der Waals surface area contributed by atoms with Gasteiger partial charge in [-0.25, -0.2) is 9.97 Å². The normalized spacial score (nSPS) is 15.1. The molecule has 0 bridgehead atoms. The molecular formula is C20H21F3N4O. The molecule has 0 aliphatic carbocycles. The molecule has 0 saturated carbocycles. The summed E-state index contributed by atoms with van der Waals surface area (Å²) >= 11 is 0. The van der Waals surface area contributed by atoms with E-state index in [0.717, 1.165) is 23.0 Å². The highest BCUT2D eigenvalue weighted by atomic mass is 19.4. The van der Waals surface area contributed by atoms with Gasteiger partial charge in [-0.05, 0) is 18.1 Å². The van der Waals surface area contributed by atoms with Gasteiger partial charge in [0.25, 0.3) is 0 Å². The van der Waals surface area contributed by atoms with E-state index in [1.165, 1.54) is 11.8 Å². The lowest BCUT2D eigenvalue weighted by molar-refractivity contribution is -0.145. The van der Waals surface area contributed by atoms with Gasteiger partial charge in [0.1, 0.15) is 0 Å². The largest absolute Gasteiger partial charge is 0.451 e. The van der Waals surface area contributed by atoms with Gasteiger partial charge in [0.2, 0.25) is 5.82 Å². The third kappa shape index (κ3) is 3.74. The van der Waals surface area contributed by atoms with Crippen LogP contribution in [0.3, 0.4) is 0 Å². The SMILES string of the molecule is OCCCn1cc(CN2CCc3nc(C(F)(F)F)ncc3C2)c2ccccc21. The second-order valence-corrected chi connectivity index (χ2v) is 7.07. The summed E-state index contributed by atoms with van der Waals surface area (Å²) in [5, 5.41) is 10.3. The van der Waals surface area contributed by atoms with Crippen molar-refractivity contribution in [3.63, 3.8) is 0 Å². The molecule has 3 aromatic rings. The molecule has 0 radical (unpaired) electrons. The Morgan fingerprint density at radius 2 is 2.00 bits per heavy atom. The number of aryl methyl sites for hydroxylation is 1. The summed E-state index contributed by atoms with van der Waals surface area (Å²) in [5.74, 6) is -1.06. The van der Waals surface area contributed by atoms with Gasteiger partial charge in [-0.2, -0.15) is 13.2 Å². The maximum absolute atomic E-state index is 12.8. The van der Waals surface area contributed by atoms with Crippen molar-refractivity contribution in [2.75, 3.05) is 13.2 Å². The molecule has 148 valence electrons. The molecule has 28 heavy (non-hydrogen) atoms. The Morgan fingerprint density at radius 3 is 2.79 bits per heavy atom. The second kappa shape index (κ2) is 7.52. The number of halogens is 3. The zero-order valence-corrected chi connectivity index (χ0v) is 15.3. The fourth-order valence-electron chi connectivity index (χ4n) is 3.76. The topological polar surface area (TPSA) is 54.2 Å². The zero-order valence-electron chi connectivity index (χ0n) is 15.3. The van der Waals surface area contributed by atoms with Crippen molar-refractivity contribution >= 4 is 10.9 Å². The number of aliphatic hydroxyl groups excluding tert-OH is 1. The number of alkyl halides is 3. The maximum Gasteiger partial charge on any atom is 0.451 e. The second-order valence-electron chi connectivity index (χ2n) is 7.07. The average Bonchev–Trinajstić information content (AvgIpc) is 3.03. The summed E-state index contributed by atoms with van der Waals surface area (Å²) in [7, 11) is 0. The van der Waals surface area contributed by atoms with Crippen molar-refractivity contribution in [1.29, 1.82) is 0 Å². The minimum atomic E-state index is -4.51. The van der Waals surface area contributed by atoms with Crippen molar-refractivity contribution in [3.8, 4) is 0 Å². The number of aliphatic hydroxyl groups is 1. The Morgan fingerprint density at radius 1 is 1.18 bits per heavy atom. The third-order valence-electron chi connectivity index (χ3n) is 5.09. The molecule has 1 N–H and O–H groups in total. The Kier molecular flexibility index (Phi) is 5.07. The summed E-state index contributed by atoms with van der Waals surface area (Å²) in [6.45, 7) is 2.77. The minimum absolute atomic E-state index is 0.144. The fraction of sp³-hybridized carbons (Fsp3) is 0.400. The summed E-state index contributed by atoms with van der Waals surface area (Å²) in [6, 6.07) is 8.14. The van der Waals surface area contributed by atoms with Crippen LogP contribution in [0, 0.1) is 0 Å². The van der Waals surface area contributed by atoms with E-state index in [1.807, 2.05) is 12.1 Å². The van der Waals surface area contributed by atoms with Crippen LogP contribution in [0.2, 0.25) is 0 Å². The van der Waals surface area contributed by atoms with E-state index in [9.17, 15) is 13.2 Å². The number of hydrogen-bond donors (Lipinski definition) is 1. The number of para-hydroxylation sites is 1. The van der Waals surface area contributed by atoms with Gasteiger partial charge in [0, 0.05) is 68.1 Å². The molecule has 3 heterocycles. The van der Waals surface area contributed by atoms with Crippen LogP contribution in [0.5, 0.6) is 0 Å².